The van der Waals surface area contributed by atoms with Crippen LogP contribution in [0.15, 0.2) is 6.20 Å². The van der Waals surface area contributed by atoms with Crippen LogP contribution < -0.4 is 0 Å². The predicted molar refractivity (Wildman–Crippen MR) is 41.4 cm³/mol. The minimum atomic E-state index is -0.344. The van der Waals surface area contributed by atoms with Gasteiger partial charge in [0.1, 0.15) is 0 Å². The van der Waals surface area contributed by atoms with Gasteiger partial charge in [0.2, 0.25) is 0 Å². The van der Waals surface area contributed by atoms with Gasteiger partial charge in [-0.05, 0) is 6.92 Å². The highest BCUT2D eigenvalue weighted by atomic mass is 16.5. The Bertz CT molecular complexity index is 282. The van der Waals surface area contributed by atoms with Gasteiger partial charge < -0.3 is 4.74 Å². The van der Waals surface area contributed by atoms with Gasteiger partial charge in [-0.2, -0.15) is 15.0 Å². The normalized spacial score (nSPS) is 12.6. The molecule has 1 rings (SSSR count). The van der Waals surface area contributed by atoms with Crippen LogP contribution in [0.1, 0.15) is 18.5 Å². The Labute approximate surface area is 70.3 Å². The third-order valence-corrected chi connectivity index (χ3v) is 1.62. The van der Waals surface area contributed by atoms with Crippen LogP contribution in [0.25, 0.3) is 0 Å². The second-order valence-electron chi connectivity index (χ2n) is 2.50. The highest BCUT2D eigenvalue weighted by Gasteiger charge is 2.18. The van der Waals surface area contributed by atoms with E-state index in [-0.39, 0.29) is 11.9 Å². The molecule has 12 heavy (non-hydrogen) atoms. The van der Waals surface area contributed by atoms with E-state index in [1.807, 2.05) is 0 Å². The zero-order chi connectivity index (χ0) is 9.14. The molecule has 1 atom stereocenters. The van der Waals surface area contributed by atoms with Crippen LogP contribution in [0.2, 0.25) is 0 Å². The monoisotopic (exact) mass is 169 g/mol. The number of esters is 1. The fourth-order valence-corrected chi connectivity index (χ4v) is 0.857. The lowest BCUT2D eigenvalue weighted by Crippen LogP contribution is -2.11. The number of aromatic nitrogens is 3. The van der Waals surface area contributed by atoms with Gasteiger partial charge in [0.15, 0.2) is 0 Å². The van der Waals surface area contributed by atoms with Crippen LogP contribution >= 0.6 is 0 Å². The Kier molecular flexibility index (Phi) is 2.42. The van der Waals surface area contributed by atoms with Crippen LogP contribution in [-0.2, 0) is 16.6 Å². The van der Waals surface area contributed by atoms with Gasteiger partial charge in [-0.15, -0.1) is 0 Å². The number of ether oxygens (including phenoxy) is 1. The summed E-state index contributed by atoms with van der Waals surface area (Å²) < 4.78 is 4.56. The molecular weight excluding hydrogens is 158 g/mol. The zero-order valence-corrected chi connectivity index (χ0v) is 7.31. The SMILES string of the molecule is COC(=O)C(C)c1cnn(C)n1. The number of aryl methyl sites for hydroxylation is 1. The zero-order valence-electron chi connectivity index (χ0n) is 7.31. The van der Waals surface area contributed by atoms with E-state index in [0.29, 0.717) is 5.69 Å². The third-order valence-electron chi connectivity index (χ3n) is 1.62. The molecule has 5 heteroatoms. The maximum Gasteiger partial charge on any atom is 0.314 e. The van der Waals surface area contributed by atoms with E-state index < -0.39 is 0 Å². The fourth-order valence-electron chi connectivity index (χ4n) is 0.857. The first kappa shape index (κ1) is 8.70. The van der Waals surface area contributed by atoms with Crippen molar-refractivity contribution in [2.45, 2.75) is 12.8 Å². The van der Waals surface area contributed by atoms with E-state index in [9.17, 15) is 4.79 Å². The molecule has 0 amide bonds. The minimum Gasteiger partial charge on any atom is -0.469 e. The fraction of sp³-hybridized carbons (Fsp3) is 0.571. The Morgan fingerprint density at radius 1 is 1.75 bits per heavy atom. The van der Waals surface area contributed by atoms with Gasteiger partial charge in [0, 0.05) is 7.05 Å². The minimum absolute atomic E-state index is 0.296. The van der Waals surface area contributed by atoms with Crippen LogP contribution in [-0.4, -0.2) is 28.1 Å². The average molecular weight is 169 g/mol. The number of carbonyl (C=O) groups is 1. The molecule has 1 heterocycles. The Morgan fingerprint density at radius 2 is 2.42 bits per heavy atom. The number of methoxy groups -OCH3 is 1. The Morgan fingerprint density at radius 3 is 2.83 bits per heavy atom. The van der Waals surface area contributed by atoms with Gasteiger partial charge in [0.25, 0.3) is 0 Å². The van der Waals surface area contributed by atoms with Gasteiger partial charge >= 0.3 is 5.97 Å². The summed E-state index contributed by atoms with van der Waals surface area (Å²) in [5.74, 6) is -0.640. The van der Waals surface area contributed by atoms with Crippen molar-refractivity contribution in [1.29, 1.82) is 0 Å². The molecule has 0 aromatic carbocycles. The first-order valence-corrected chi connectivity index (χ1v) is 3.59. The van der Waals surface area contributed by atoms with Gasteiger partial charge in [-0.3, -0.25) is 4.79 Å². The van der Waals surface area contributed by atoms with Crippen molar-refractivity contribution in [2.24, 2.45) is 7.05 Å². The molecule has 66 valence electrons. The smallest absolute Gasteiger partial charge is 0.314 e. The number of rotatable bonds is 2. The number of nitrogens with zero attached hydrogens (tertiary/aromatic N) is 3. The van der Waals surface area contributed by atoms with Crippen LogP contribution in [0, 0.1) is 0 Å². The van der Waals surface area contributed by atoms with Crippen molar-refractivity contribution >= 4 is 5.97 Å². The molecule has 0 aliphatic carbocycles. The second kappa shape index (κ2) is 3.34. The summed E-state index contributed by atoms with van der Waals surface area (Å²) in [5, 5.41) is 7.84. The van der Waals surface area contributed by atoms with E-state index >= 15 is 0 Å². The molecule has 0 spiro atoms. The lowest BCUT2D eigenvalue weighted by Gasteiger charge is -2.03. The number of hydrogen-bond donors (Lipinski definition) is 0. The average Bonchev–Trinajstić information content (AvgIpc) is 2.49. The van der Waals surface area contributed by atoms with Gasteiger partial charge in [-0.25, -0.2) is 0 Å². The first-order chi connectivity index (χ1) is 5.65. The molecule has 0 aliphatic heterocycles. The summed E-state index contributed by atoms with van der Waals surface area (Å²) in [5.41, 5.74) is 0.629. The van der Waals surface area contributed by atoms with Crippen molar-refractivity contribution in [3.05, 3.63) is 11.9 Å². The topological polar surface area (TPSA) is 57.0 Å². The lowest BCUT2D eigenvalue weighted by molar-refractivity contribution is -0.142. The van der Waals surface area contributed by atoms with Crippen molar-refractivity contribution in [1.82, 2.24) is 15.0 Å². The third kappa shape index (κ3) is 1.61. The molecule has 0 saturated carbocycles. The Hall–Kier alpha value is -1.39. The second-order valence-corrected chi connectivity index (χ2v) is 2.50. The van der Waals surface area contributed by atoms with E-state index in [1.165, 1.54) is 11.9 Å². The lowest BCUT2D eigenvalue weighted by atomic mass is 10.1. The molecule has 0 radical (unpaired) electrons. The standard InChI is InChI=1S/C7H11N3O2/c1-5(7(11)12-3)6-4-8-10(2)9-6/h4-5H,1-3H3. The molecule has 1 aromatic heterocycles. The van der Waals surface area contributed by atoms with E-state index in [4.69, 9.17) is 0 Å². The summed E-state index contributed by atoms with van der Waals surface area (Å²) in [7, 11) is 3.06. The van der Waals surface area contributed by atoms with Crippen LogP contribution in [0.4, 0.5) is 0 Å². The first-order valence-electron chi connectivity index (χ1n) is 3.59. The highest BCUT2D eigenvalue weighted by molar-refractivity contribution is 5.76. The molecule has 0 saturated heterocycles. The molecule has 0 aliphatic rings. The molecule has 1 aromatic rings. The quantitative estimate of drug-likeness (QED) is 0.589. The molecule has 0 bridgehead atoms. The maximum atomic E-state index is 11.0. The molecular formula is C7H11N3O2. The van der Waals surface area contributed by atoms with E-state index in [2.05, 4.69) is 14.9 Å². The number of hydrogen-bond acceptors (Lipinski definition) is 4. The van der Waals surface area contributed by atoms with E-state index in [0.717, 1.165) is 0 Å². The van der Waals surface area contributed by atoms with Crippen LogP contribution in [0.5, 0.6) is 0 Å². The highest BCUT2D eigenvalue weighted by Crippen LogP contribution is 2.11. The molecule has 5 nitrogen and oxygen atoms in total. The van der Waals surface area contributed by atoms with Gasteiger partial charge in [-0.1, -0.05) is 0 Å². The van der Waals surface area contributed by atoms with Crippen molar-refractivity contribution in [3.8, 4) is 0 Å². The Balaban J connectivity index is 2.77. The summed E-state index contributed by atoms with van der Waals surface area (Å²) in [6, 6.07) is 0. The summed E-state index contributed by atoms with van der Waals surface area (Å²) in [4.78, 5) is 12.4. The molecule has 0 fully saturated rings. The summed E-state index contributed by atoms with van der Waals surface area (Å²) >= 11 is 0. The van der Waals surface area contributed by atoms with Crippen molar-refractivity contribution in [2.75, 3.05) is 7.11 Å². The maximum absolute atomic E-state index is 11.0. The van der Waals surface area contributed by atoms with Crippen molar-refractivity contribution in [3.63, 3.8) is 0 Å². The van der Waals surface area contributed by atoms with Gasteiger partial charge in [0.05, 0.1) is 24.9 Å². The molecule has 1 unspecified atom stereocenters. The summed E-state index contributed by atoms with van der Waals surface area (Å²) in [6.07, 6.45) is 1.56. The number of carbonyl (C=O) groups excluding carboxylic acids is 1. The largest absolute Gasteiger partial charge is 0.469 e. The van der Waals surface area contributed by atoms with Crippen molar-refractivity contribution < 1.29 is 9.53 Å². The summed E-state index contributed by atoms with van der Waals surface area (Å²) in [6.45, 7) is 1.73. The van der Waals surface area contributed by atoms with Crippen LogP contribution in [0.3, 0.4) is 0 Å². The molecule has 0 N–H and O–H groups in total. The predicted octanol–water partition coefficient (Wildman–Crippen LogP) is 0.0916. The van der Waals surface area contributed by atoms with E-state index in [1.54, 1.807) is 20.2 Å².